The summed E-state index contributed by atoms with van der Waals surface area (Å²) in [6, 6.07) is 0. The molecule has 104 valence electrons. The number of hydrogen-bond acceptors (Lipinski definition) is 3. The fourth-order valence-electron chi connectivity index (χ4n) is 4.22. The van der Waals surface area contributed by atoms with Crippen LogP contribution >= 0.6 is 0 Å². The van der Waals surface area contributed by atoms with Gasteiger partial charge in [0.15, 0.2) is 5.78 Å². The molecule has 0 aliphatic heterocycles. The summed E-state index contributed by atoms with van der Waals surface area (Å²) in [6.07, 6.45) is 2.62. The zero-order valence-corrected chi connectivity index (χ0v) is 12.0. The van der Waals surface area contributed by atoms with Crippen LogP contribution in [0.5, 0.6) is 0 Å². The van der Waals surface area contributed by atoms with Gasteiger partial charge in [-0.05, 0) is 37.0 Å². The number of fused-ring (bicyclic) bond motifs is 2. The maximum atomic E-state index is 12.4. The fraction of sp³-hybridized carbons (Fsp3) is 0.933. The van der Waals surface area contributed by atoms with E-state index in [9.17, 15) is 15.0 Å². The summed E-state index contributed by atoms with van der Waals surface area (Å²) in [5.74, 6) is 0.268. The highest BCUT2D eigenvalue weighted by Crippen LogP contribution is 2.69. The molecule has 2 saturated carbocycles. The molecular formula is C15H26O3. The van der Waals surface area contributed by atoms with Crippen molar-refractivity contribution in [1.29, 1.82) is 0 Å². The highest BCUT2D eigenvalue weighted by molar-refractivity contribution is 5.89. The van der Waals surface area contributed by atoms with Crippen LogP contribution in [0.15, 0.2) is 0 Å². The molecule has 0 aromatic heterocycles. The molecular weight excluding hydrogens is 228 g/mol. The zero-order valence-electron chi connectivity index (χ0n) is 12.0. The molecule has 2 bridgehead atoms. The topological polar surface area (TPSA) is 57.5 Å². The molecule has 18 heavy (non-hydrogen) atoms. The zero-order chi connectivity index (χ0) is 13.8. The van der Waals surface area contributed by atoms with E-state index in [0.717, 1.165) is 12.8 Å². The molecule has 2 aliphatic carbocycles. The van der Waals surface area contributed by atoms with E-state index in [2.05, 4.69) is 20.8 Å². The van der Waals surface area contributed by atoms with Crippen LogP contribution in [0.1, 0.15) is 59.8 Å². The standard InChI is InChI=1S/C15H26O3/c1-5-11(16)8-12(17)15(18)9-10-6-7-14(15,4)13(10,2)3/h10-11,16,18H,5-9H2,1-4H3/t10-,11-,14-,15+/m1/s1. The number of carbonyl (C=O) groups is 1. The molecule has 0 radical (unpaired) electrons. The maximum absolute atomic E-state index is 12.4. The lowest BCUT2D eigenvalue weighted by molar-refractivity contribution is -0.157. The van der Waals surface area contributed by atoms with Crippen LogP contribution in [-0.2, 0) is 4.79 Å². The summed E-state index contributed by atoms with van der Waals surface area (Å²) >= 11 is 0. The van der Waals surface area contributed by atoms with E-state index in [1.165, 1.54) is 0 Å². The average Bonchev–Trinajstić information content (AvgIpc) is 2.60. The first-order valence-corrected chi connectivity index (χ1v) is 7.13. The molecule has 2 aliphatic rings. The van der Waals surface area contributed by atoms with E-state index in [-0.39, 0.29) is 23.0 Å². The van der Waals surface area contributed by atoms with Gasteiger partial charge in [0.1, 0.15) is 5.60 Å². The third-order valence-corrected chi connectivity index (χ3v) is 6.24. The Bertz CT molecular complexity index is 363. The van der Waals surface area contributed by atoms with Crippen molar-refractivity contribution in [3.8, 4) is 0 Å². The van der Waals surface area contributed by atoms with Crippen molar-refractivity contribution in [2.75, 3.05) is 0 Å². The second kappa shape index (κ2) is 4.04. The Kier molecular flexibility index (Phi) is 3.14. The minimum absolute atomic E-state index is 0.00851. The van der Waals surface area contributed by atoms with Crippen LogP contribution in [0.4, 0.5) is 0 Å². The van der Waals surface area contributed by atoms with Gasteiger partial charge in [-0.1, -0.05) is 27.7 Å². The number of ketones is 1. The summed E-state index contributed by atoms with van der Waals surface area (Å²) in [5, 5.41) is 20.6. The third kappa shape index (κ3) is 1.53. The number of hydrogen-bond donors (Lipinski definition) is 2. The monoisotopic (exact) mass is 254 g/mol. The average molecular weight is 254 g/mol. The Hall–Kier alpha value is -0.410. The van der Waals surface area contributed by atoms with Gasteiger partial charge in [-0.3, -0.25) is 4.79 Å². The summed E-state index contributed by atoms with van der Waals surface area (Å²) < 4.78 is 0. The van der Waals surface area contributed by atoms with Crippen LogP contribution in [0.2, 0.25) is 0 Å². The largest absolute Gasteiger partial charge is 0.393 e. The van der Waals surface area contributed by atoms with Crippen LogP contribution in [0, 0.1) is 16.7 Å². The van der Waals surface area contributed by atoms with Crippen molar-refractivity contribution in [2.24, 2.45) is 16.7 Å². The molecule has 0 spiro atoms. The molecule has 2 rings (SSSR count). The van der Waals surface area contributed by atoms with Gasteiger partial charge in [0.25, 0.3) is 0 Å². The molecule has 0 aromatic carbocycles. The van der Waals surface area contributed by atoms with Gasteiger partial charge in [-0.2, -0.15) is 0 Å². The Morgan fingerprint density at radius 3 is 2.39 bits per heavy atom. The first-order chi connectivity index (χ1) is 8.19. The summed E-state index contributed by atoms with van der Waals surface area (Å²) in [7, 11) is 0. The summed E-state index contributed by atoms with van der Waals surface area (Å²) in [4.78, 5) is 12.4. The molecule has 0 heterocycles. The second-order valence-corrected chi connectivity index (χ2v) is 7.04. The first-order valence-electron chi connectivity index (χ1n) is 7.13. The molecule has 2 fully saturated rings. The Balaban J connectivity index is 2.26. The highest BCUT2D eigenvalue weighted by Gasteiger charge is 2.70. The van der Waals surface area contributed by atoms with E-state index in [1.54, 1.807) is 0 Å². The number of rotatable bonds is 4. The van der Waals surface area contributed by atoms with Gasteiger partial charge in [0.05, 0.1) is 6.10 Å². The molecule has 0 aromatic rings. The van der Waals surface area contributed by atoms with Crippen molar-refractivity contribution in [1.82, 2.24) is 0 Å². The van der Waals surface area contributed by atoms with Gasteiger partial charge in [-0.25, -0.2) is 0 Å². The first kappa shape index (κ1) is 14.0. The second-order valence-electron chi connectivity index (χ2n) is 7.04. The Labute approximate surface area is 110 Å². The quantitative estimate of drug-likeness (QED) is 0.809. The van der Waals surface area contributed by atoms with Crippen LogP contribution in [0.3, 0.4) is 0 Å². The smallest absolute Gasteiger partial charge is 0.167 e. The van der Waals surface area contributed by atoms with Gasteiger partial charge < -0.3 is 10.2 Å². The number of aliphatic hydroxyl groups excluding tert-OH is 1. The van der Waals surface area contributed by atoms with Gasteiger partial charge in [0.2, 0.25) is 0 Å². The van der Waals surface area contributed by atoms with Crippen LogP contribution < -0.4 is 0 Å². The van der Waals surface area contributed by atoms with Crippen molar-refractivity contribution in [3.63, 3.8) is 0 Å². The number of aliphatic hydroxyl groups is 2. The Morgan fingerprint density at radius 2 is 2.00 bits per heavy atom. The van der Waals surface area contributed by atoms with Crippen molar-refractivity contribution >= 4 is 5.78 Å². The number of carbonyl (C=O) groups excluding carboxylic acids is 1. The van der Waals surface area contributed by atoms with Gasteiger partial charge in [0, 0.05) is 11.8 Å². The molecule has 3 nitrogen and oxygen atoms in total. The fourth-order valence-corrected chi connectivity index (χ4v) is 4.22. The minimum atomic E-state index is -1.23. The molecule has 0 unspecified atom stereocenters. The summed E-state index contributed by atoms with van der Waals surface area (Å²) in [5.41, 5.74) is -1.56. The maximum Gasteiger partial charge on any atom is 0.167 e. The predicted molar refractivity (Wildman–Crippen MR) is 70.1 cm³/mol. The van der Waals surface area contributed by atoms with E-state index in [0.29, 0.717) is 18.8 Å². The highest BCUT2D eigenvalue weighted by atomic mass is 16.3. The molecule has 4 atom stereocenters. The van der Waals surface area contributed by atoms with E-state index in [1.807, 2.05) is 6.92 Å². The minimum Gasteiger partial charge on any atom is -0.393 e. The van der Waals surface area contributed by atoms with E-state index < -0.39 is 11.7 Å². The molecule has 0 amide bonds. The lowest BCUT2D eigenvalue weighted by Gasteiger charge is -2.44. The third-order valence-electron chi connectivity index (χ3n) is 6.24. The lowest BCUT2D eigenvalue weighted by atomic mass is 9.62. The molecule has 2 N–H and O–H groups in total. The van der Waals surface area contributed by atoms with Crippen LogP contribution in [-0.4, -0.2) is 27.7 Å². The normalized spacial score (nSPS) is 43.1. The van der Waals surface area contributed by atoms with Crippen molar-refractivity contribution in [3.05, 3.63) is 0 Å². The summed E-state index contributed by atoms with van der Waals surface area (Å²) in [6.45, 7) is 8.25. The molecule has 0 saturated heterocycles. The van der Waals surface area contributed by atoms with E-state index >= 15 is 0 Å². The van der Waals surface area contributed by atoms with E-state index in [4.69, 9.17) is 0 Å². The predicted octanol–water partition coefficient (Wildman–Crippen LogP) is 2.29. The van der Waals surface area contributed by atoms with Gasteiger partial charge in [-0.15, -0.1) is 0 Å². The number of Topliss-reactive ketones (excluding diaryl/α,β-unsaturated/α-hetero) is 1. The van der Waals surface area contributed by atoms with Crippen molar-refractivity contribution < 1.29 is 15.0 Å². The van der Waals surface area contributed by atoms with Crippen molar-refractivity contribution in [2.45, 2.75) is 71.5 Å². The SMILES string of the molecule is CC[C@@H](O)CC(=O)[C@@]1(O)C[C@H]2CC[C@]1(C)C2(C)C. The molecule has 3 heteroatoms. The Morgan fingerprint density at radius 1 is 1.39 bits per heavy atom. The van der Waals surface area contributed by atoms with Crippen LogP contribution in [0.25, 0.3) is 0 Å². The van der Waals surface area contributed by atoms with Gasteiger partial charge >= 0.3 is 0 Å². The lowest BCUT2D eigenvalue weighted by Crippen LogP contribution is -2.53.